The van der Waals surface area contributed by atoms with Gasteiger partial charge in [0.1, 0.15) is 16.6 Å². The number of aromatic nitrogens is 1. The largest absolute Gasteiger partial charge is 0.318 e. The second-order valence-electron chi connectivity index (χ2n) is 4.62. The third-order valence-corrected chi connectivity index (χ3v) is 4.03. The average molecular weight is 302 g/mol. The van der Waals surface area contributed by atoms with Gasteiger partial charge in [-0.1, -0.05) is 30.3 Å². The van der Waals surface area contributed by atoms with Gasteiger partial charge >= 0.3 is 0 Å². The fourth-order valence-electron chi connectivity index (χ4n) is 2.07. The molecule has 0 saturated carbocycles. The van der Waals surface area contributed by atoms with Crippen LogP contribution in [-0.2, 0) is 0 Å². The van der Waals surface area contributed by atoms with E-state index in [1.807, 2.05) is 30.3 Å². The van der Waals surface area contributed by atoms with Crippen LogP contribution in [0.15, 0.2) is 53.9 Å². The number of nitrogens with zero attached hydrogens (tertiary/aromatic N) is 1. The van der Waals surface area contributed by atoms with Crippen molar-refractivity contribution in [2.75, 3.05) is 0 Å². The SMILES string of the molecule is NC(c1ccccc1)c1nc(-c2cc(F)cc(F)c2)cs1. The van der Waals surface area contributed by atoms with E-state index in [-0.39, 0.29) is 6.04 Å². The molecule has 0 fully saturated rings. The number of hydrogen-bond donors (Lipinski definition) is 1. The van der Waals surface area contributed by atoms with E-state index in [1.54, 1.807) is 5.38 Å². The Morgan fingerprint density at radius 1 is 1.00 bits per heavy atom. The first-order valence-electron chi connectivity index (χ1n) is 6.36. The molecule has 1 aromatic heterocycles. The topological polar surface area (TPSA) is 38.9 Å². The summed E-state index contributed by atoms with van der Waals surface area (Å²) in [6.45, 7) is 0. The molecule has 0 bridgehead atoms. The minimum atomic E-state index is -0.619. The van der Waals surface area contributed by atoms with Gasteiger partial charge in [-0.05, 0) is 17.7 Å². The molecule has 3 aromatic rings. The first-order chi connectivity index (χ1) is 10.1. The zero-order valence-electron chi connectivity index (χ0n) is 11.0. The summed E-state index contributed by atoms with van der Waals surface area (Å²) < 4.78 is 26.5. The quantitative estimate of drug-likeness (QED) is 0.790. The number of rotatable bonds is 3. The van der Waals surface area contributed by atoms with Crippen molar-refractivity contribution in [1.29, 1.82) is 0 Å². The summed E-state index contributed by atoms with van der Waals surface area (Å²) in [5.74, 6) is -1.24. The molecule has 0 aliphatic rings. The standard InChI is InChI=1S/C16H12F2N2S/c17-12-6-11(7-13(18)8-12)14-9-21-16(20-14)15(19)10-4-2-1-3-5-10/h1-9,15H,19H2. The summed E-state index contributed by atoms with van der Waals surface area (Å²) in [7, 11) is 0. The van der Waals surface area contributed by atoms with Crippen molar-refractivity contribution in [1.82, 2.24) is 4.98 Å². The molecular weight excluding hydrogens is 290 g/mol. The number of halogens is 2. The van der Waals surface area contributed by atoms with E-state index < -0.39 is 11.6 Å². The van der Waals surface area contributed by atoms with E-state index in [4.69, 9.17) is 5.73 Å². The Hall–Kier alpha value is -2.11. The Morgan fingerprint density at radius 3 is 2.33 bits per heavy atom. The fourth-order valence-corrected chi connectivity index (χ4v) is 2.92. The van der Waals surface area contributed by atoms with Gasteiger partial charge in [0.2, 0.25) is 0 Å². The minimum Gasteiger partial charge on any atom is -0.318 e. The van der Waals surface area contributed by atoms with Crippen LogP contribution >= 0.6 is 11.3 Å². The molecule has 0 aliphatic heterocycles. The predicted molar refractivity (Wildman–Crippen MR) is 79.9 cm³/mol. The Kier molecular flexibility index (Phi) is 3.77. The van der Waals surface area contributed by atoms with E-state index in [1.165, 1.54) is 23.5 Å². The van der Waals surface area contributed by atoms with Crippen LogP contribution in [0.5, 0.6) is 0 Å². The summed E-state index contributed by atoms with van der Waals surface area (Å²) in [6, 6.07) is 12.6. The lowest BCUT2D eigenvalue weighted by Gasteiger charge is -2.08. The zero-order chi connectivity index (χ0) is 14.8. The second kappa shape index (κ2) is 5.71. The maximum absolute atomic E-state index is 13.3. The zero-order valence-corrected chi connectivity index (χ0v) is 11.8. The Balaban J connectivity index is 1.93. The summed E-state index contributed by atoms with van der Waals surface area (Å²) in [4.78, 5) is 4.40. The van der Waals surface area contributed by atoms with Crippen LogP contribution in [0.25, 0.3) is 11.3 Å². The minimum absolute atomic E-state index is 0.344. The maximum atomic E-state index is 13.3. The van der Waals surface area contributed by atoms with Crippen molar-refractivity contribution in [3.8, 4) is 11.3 Å². The molecule has 0 aliphatic carbocycles. The van der Waals surface area contributed by atoms with Crippen LogP contribution in [0.3, 0.4) is 0 Å². The predicted octanol–water partition coefficient (Wildman–Crippen LogP) is 4.14. The van der Waals surface area contributed by atoms with Crippen LogP contribution in [-0.4, -0.2) is 4.98 Å². The van der Waals surface area contributed by atoms with Gasteiger partial charge in [-0.25, -0.2) is 13.8 Å². The molecule has 2 nitrogen and oxygen atoms in total. The third-order valence-electron chi connectivity index (χ3n) is 3.11. The highest BCUT2D eigenvalue weighted by molar-refractivity contribution is 7.10. The van der Waals surface area contributed by atoms with Gasteiger partial charge in [-0.15, -0.1) is 11.3 Å². The Bertz CT molecular complexity index is 736. The number of nitrogens with two attached hydrogens (primary N) is 1. The average Bonchev–Trinajstić information content (AvgIpc) is 2.96. The van der Waals surface area contributed by atoms with Crippen LogP contribution in [0.2, 0.25) is 0 Å². The smallest absolute Gasteiger partial charge is 0.126 e. The van der Waals surface area contributed by atoms with Crippen molar-refractivity contribution in [2.45, 2.75) is 6.04 Å². The highest BCUT2D eigenvalue weighted by Gasteiger charge is 2.14. The molecule has 1 heterocycles. The number of benzene rings is 2. The summed E-state index contributed by atoms with van der Waals surface area (Å²) >= 11 is 1.38. The highest BCUT2D eigenvalue weighted by Crippen LogP contribution is 2.28. The van der Waals surface area contributed by atoms with Crippen molar-refractivity contribution in [2.24, 2.45) is 5.73 Å². The van der Waals surface area contributed by atoms with Crippen LogP contribution in [0, 0.1) is 11.6 Å². The van der Waals surface area contributed by atoms with E-state index in [2.05, 4.69) is 4.98 Å². The first-order valence-corrected chi connectivity index (χ1v) is 7.24. The number of hydrogen-bond acceptors (Lipinski definition) is 3. The molecule has 3 rings (SSSR count). The van der Waals surface area contributed by atoms with Gasteiger partial charge in [-0.3, -0.25) is 0 Å². The molecule has 0 amide bonds. The normalized spacial score (nSPS) is 12.3. The summed E-state index contributed by atoms with van der Waals surface area (Å²) in [6.07, 6.45) is 0. The van der Waals surface area contributed by atoms with Gasteiger partial charge < -0.3 is 5.73 Å². The Labute approximate surface area is 124 Å². The highest BCUT2D eigenvalue weighted by atomic mass is 32.1. The van der Waals surface area contributed by atoms with Crippen molar-refractivity contribution >= 4 is 11.3 Å². The van der Waals surface area contributed by atoms with Crippen molar-refractivity contribution in [3.05, 3.63) is 76.1 Å². The van der Waals surface area contributed by atoms with E-state index in [9.17, 15) is 8.78 Å². The molecule has 0 radical (unpaired) electrons. The van der Waals surface area contributed by atoms with Crippen LogP contribution in [0.4, 0.5) is 8.78 Å². The fraction of sp³-hybridized carbons (Fsp3) is 0.0625. The van der Waals surface area contributed by atoms with Gasteiger partial charge in [-0.2, -0.15) is 0 Å². The summed E-state index contributed by atoms with van der Waals surface area (Å²) in [5, 5.41) is 2.47. The lowest BCUT2D eigenvalue weighted by Crippen LogP contribution is -2.11. The lowest BCUT2D eigenvalue weighted by molar-refractivity contribution is 0.584. The molecular formula is C16H12F2N2S. The molecule has 5 heteroatoms. The van der Waals surface area contributed by atoms with Gasteiger partial charge in [0.25, 0.3) is 0 Å². The molecule has 2 aromatic carbocycles. The monoisotopic (exact) mass is 302 g/mol. The van der Waals surface area contributed by atoms with E-state index in [0.717, 1.165) is 11.6 Å². The van der Waals surface area contributed by atoms with Crippen LogP contribution < -0.4 is 5.73 Å². The van der Waals surface area contributed by atoms with Crippen LogP contribution in [0.1, 0.15) is 16.6 Å². The summed E-state index contributed by atoms with van der Waals surface area (Å²) in [5.41, 5.74) is 8.06. The van der Waals surface area contributed by atoms with Gasteiger partial charge in [0.05, 0.1) is 11.7 Å². The van der Waals surface area contributed by atoms with Crippen molar-refractivity contribution in [3.63, 3.8) is 0 Å². The molecule has 21 heavy (non-hydrogen) atoms. The maximum Gasteiger partial charge on any atom is 0.126 e. The second-order valence-corrected chi connectivity index (χ2v) is 5.51. The molecule has 106 valence electrons. The third kappa shape index (κ3) is 2.99. The Morgan fingerprint density at radius 2 is 1.67 bits per heavy atom. The molecule has 0 saturated heterocycles. The lowest BCUT2D eigenvalue weighted by atomic mass is 10.1. The van der Waals surface area contributed by atoms with Gasteiger partial charge in [0, 0.05) is 17.0 Å². The molecule has 0 spiro atoms. The first kappa shape index (κ1) is 13.9. The number of thiazole rings is 1. The van der Waals surface area contributed by atoms with Gasteiger partial charge in [0.15, 0.2) is 0 Å². The molecule has 1 atom stereocenters. The van der Waals surface area contributed by atoms with E-state index in [0.29, 0.717) is 16.3 Å². The van der Waals surface area contributed by atoms with Crippen molar-refractivity contribution < 1.29 is 8.78 Å². The molecule has 2 N–H and O–H groups in total. The molecule has 1 unspecified atom stereocenters. The van der Waals surface area contributed by atoms with E-state index >= 15 is 0 Å².